The zero-order valence-electron chi connectivity index (χ0n) is 18.7. The summed E-state index contributed by atoms with van der Waals surface area (Å²) in [5, 5.41) is 2.92. The lowest BCUT2D eigenvalue weighted by atomic mass is 9.74. The average molecular weight is 502 g/mol. The molecule has 8 heteroatoms. The van der Waals surface area contributed by atoms with E-state index in [0.717, 1.165) is 30.4 Å². The van der Waals surface area contributed by atoms with E-state index in [1.807, 2.05) is 0 Å². The Labute approximate surface area is 203 Å². The maximum Gasteiger partial charge on any atom is 0.228 e. The van der Waals surface area contributed by atoms with Gasteiger partial charge in [0.15, 0.2) is 9.84 Å². The molecule has 1 amide bonds. The Kier molecular flexibility index (Phi) is 6.96. The van der Waals surface area contributed by atoms with Crippen LogP contribution < -0.4 is 10.1 Å². The molecule has 3 aromatic carbocycles. The van der Waals surface area contributed by atoms with Crippen molar-refractivity contribution < 1.29 is 22.3 Å². The molecule has 1 fully saturated rings. The van der Waals surface area contributed by atoms with Crippen molar-refractivity contribution in [3.63, 3.8) is 0 Å². The van der Waals surface area contributed by atoms with Crippen molar-refractivity contribution in [2.45, 2.75) is 43.1 Å². The van der Waals surface area contributed by atoms with Gasteiger partial charge in [-0.15, -0.1) is 0 Å². The second-order valence-corrected chi connectivity index (χ2v) is 11.1. The molecule has 4 rings (SSSR count). The van der Waals surface area contributed by atoms with Gasteiger partial charge in [-0.2, -0.15) is 0 Å². The Morgan fingerprint density at radius 1 is 1.06 bits per heavy atom. The number of ether oxygens (including phenoxy) is 1. The second kappa shape index (κ2) is 9.76. The van der Waals surface area contributed by atoms with Crippen LogP contribution in [0.3, 0.4) is 0 Å². The minimum atomic E-state index is -3.27. The van der Waals surface area contributed by atoms with Crippen LogP contribution in [0, 0.1) is 5.82 Å². The first-order chi connectivity index (χ1) is 16.2. The van der Waals surface area contributed by atoms with Gasteiger partial charge in [0.2, 0.25) is 5.91 Å². The smallest absolute Gasteiger partial charge is 0.228 e. The van der Waals surface area contributed by atoms with Gasteiger partial charge in [0.05, 0.1) is 22.1 Å². The average Bonchev–Trinajstić information content (AvgIpc) is 2.79. The van der Waals surface area contributed by atoms with Crippen LogP contribution in [0.5, 0.6) is 5.75 Å². The number of carbonyl (C=O) groups is 1. The third-order valence-electron chi connectivity index (χ3n) is 6.09. The number of amides is 1. The number of hydrogen-bond donors (Lipinski definition) is 1. The third-order valence-corrected chi connectivity index (χ3v) is 8.14. The largest absolute Gasteiger partial charge is 0.483 e. The number of nitrogens with one attached hydrogen (secondary N) is 1. The molecule has 178 valence electrons. The van der Waals surface area contributed by atoms with Crippen molar-refractivity contribution in [3.8, 4) is 5.75 Å². The van der Waals surface area contributed by atoms with Gasteiger partial charge >= 0.3 is 0 Å². The molecule has 0 aliphatic heterocycles. The van der Waals surface area contributed by atoms with Gasteiger partial charge in [0.25, 0.3) is 0 Å². The van der Waals surface area contributed by atoms with Crippen molar-refractivity contribution in [2.75, 3.05) is 11.1 Å². The Morgan fingerprint density at radius 3 is 2.29 bits per heavy atom. The summed E-state index contributed by atoms with van der Waals surface area (Å²) in [5.74, 6) is -0.0223. The molecule has 0 unspecified atom stereocenters. The van der Waals surface area contributed by atoms with Crippen LogP contribution in [0.2, 0.25) is 5.02 Å². The summed E-state index contributed by atoms with van der Waals surface area (Å²) in [6, 6.07) is 18.2. The maximum absolute atomic E-state index is 14.0. The highest BCUT2D eigenvalue weighted by atomic mass is 35.5. The van der Waals surface area contributed by atoms with Crippen LogP contribution >= 0.6 is 11.6 Å². The summed E-state index contributed by atoms with van der Waals surface area (Å²) in [6.45, 7) is 1.59. The summed E-state index contributed by atoms with van der Waals surface area (Å²) in [4.78, 5) is 12.7. The molecule has 0 aromatic heterocycles. The summed E-state index contributed by atoms with van der Waals surface area (Å²) in [6.07, 6.45) is 2.68. The number of benzene rings is 3. The molecule has 0 bridgehead atoms. The predicted octanol–water partition coefficient (Wildman–Crippen LogP) is 5.91. The molecule has 1 saturated carbocycles. The van der Waals surface area contributed by atoms with Crippen LogP contribution in [0.25, 0.3) is 0 Å². The lowest BCUT2D eigenvalue weighted by Gasteiger charge is -2.42. The van der Waals surface area contributed by atoms with Crippen LogP contribution in [-0.2, 0) is 26.7 Å². The first-order valence-electron chi connectivity index (χ1n) is 11.1. The van der Waals surface area contributed by atoms with Crippen molar-refractivity contribution in [1.82, 2.24) is 0 Å². The van der Waals surface area contributed by atoms with E-state index in [0.29, 0.717) is 11.4 Å². The summed E-state index contributed by atoms with van der Waals surface area (Å²) in [5.41, 5.74) is 1.52. The first-order valence-corrected chi connectivity index (χ1v) is 13.1. The second-order valence-electron chi connectivity index (χ2n) is 8.38. The summed E-state index contributed by atoms with van der Waals surface area (Å²) in [7, 11) is -3.27. The molecule has 3 aromatic rings. The Bertz CT molecular complexity index is 1290. The van der Waals surface area contributed by atoms with Gasteiger partial charge in [-0.05, 0) is 78.9 Å². The van der Waals surface area contributed by atoms with E-state index in [9.17, 15) is 17.6 Å². The van der Waals surface area contributed by atoms with Crippen LogP contribution in [0.1, 0.15) is 37.3 Å². The van der Waals surface area contributed by atoms with Crippen LogP contribution in [0.4, 0.5) is 10.1 Å². The highest BCUT2D eigenvalue weighted by Gasteiger charge is 2.41. The van der Waals surface area contributed by atoms with Crippen molar-refractivity contribution in [3.05, 3.63) is 88.7 Å². The van der Waals surface area contributed by atoms with E-state index in [1.165, 1.54) is 18.2 Å². The fourth-order valence-corrected chi connectivity index (χ4v) is 4.93. The standard InChI is InChI=1S/C26H25ClFNO4S/c1-2-34(31,32)22-11-4-18(5-12-22)16-25(30)29-20-7-9-21(10-8-20)33-26(14-3-15-26)19-6-13-23(27)24(28)17-19/h4-13,17H,2-3,14-16H2,1H3,(H,29,30). The molecular formula is C26H25ClFNO4S. The zero-order chi connectivity index (χ0) is 24.3. The number of hydrogen-bond acceptors (Lipinski definition) is 4. The van der Waals surface area contributed by atoms with Crippen molar-refractivity contribution in [1.29, 1.82) is 0 Å². The fraction of sp³-hybridized carbons (Fsp3) is 0.269. The minimum absolute atomic E-state index is 0.0320. The fourth-order valence-electron chi connectivity index (χ4n) is 3.93. The van der Waals surface area contributed by atoms with Crippen molar-refractivity contribution in [2.24, 2.45) is 0 Å². The molecule has 0 saturated heterocycles. The molecule has 1 aliphatic rings. The SMILES string of the molecule is CCS(=O)(=O)c1ccc(CC(=O)Nc2ccc(OC3(c4ccc(Cl)c(F)c4)CCC3)cc2)cc1. The van der Waals surface area contributed by atoms with Gasteiger partial charge in [0, 0.05) is 5.69 Å². The zero-order valence-corrected chi connectivity index (χ0v) is 20.3. The van der Waals surface area contributed by atoms with Gasteiger partial charge in [-0.25, -0.2) is 12.8 Å². The third kappa shape index (κ3) is 5.26. The topological polar surface area (TPSA) is 72.5 Å². The maximum atomic E-state index is 14.0. The lowest BCUT2D eigenvalue weighted by Crippen LogP contribution is -2.40. The highest BCUT2D eigenvalue weighted by Crippen LogP contribution is 2.45. The van der Waals surface area contributed by atoms with E-state index in [-0.39, 0.29) is 28.0 Å². The van der Waals surface area contributed by atoms with E-state index < -0.39 is 21.3 Å². The van der Waals surface area contributed by atoms with Crippen molar-refractivity contribution >= 4 is 33.0 Å². The molecule has 0 heterocycles. The van der Waals surface area contributed by atoms with Crippen LogP contribution in [0.15, 0.2) is 71.6 Å². The lowest BCUT2D eigenvalue weighted by molar-refractivity contribution is -0.115. The minimum Gasteiger partial charge on any atom is -0.483 e. The number of anilines is 1. The molecule has 0 radical (unpaired) electrons. The molecule has 0 atom stereocenters. The molecule has 1 aliphatic carbocycles. The molecular weight excluding hydrogens is 477 g/mol. The quantitative estimate of drug-likeness (QED) is 0.416. The molecule has 1 N–H and O–H groups in total. The van der Waals surface area contributed by atoms with Gasteiger partial charge in [-0.1, -0.05) is 36.7 Å². The summed E-state index contributed by atoms with van der Waals surface area (Å²) < 4.78 is 44.0. The molecule has 34 heavy (non-hydrogen) atoms. The Balaban J connectivity index is 1.38. The van der Waals surface area contributed by atoms with E-state index in [2.05, 4.69) is 5.32 Å². The Hall–Kier alpha value is -2.90. The van der Waals surface area contributed by atoms with Gasteiger partial charge in [-0.3, -0.25) is 4.79 Å². The molecule has 5 nitrogen and oxygen atoms in total. The summed E-state index contributed by atoms with van der Waals surface area (Å²) >= 11 is 5.82. The van der Waals surface area contributed by atoms with Crippen LogP contribution in [-0.4, -0.2) is 20.1 Å². The van der Waals surface area contributed by atoms with Gasteiger partial charge in [0.1, 0.15) is 17.2 Å². The Morgan fingerprint density at radius 2 is 1.74 bits per heavy atom. The highest BCUT2D eigenvalue weighted by molar-refractivity contribution is 7.91. The van der Waals surface area contributed by atoms with E-state index in [4.69, 9.17) is 16.3 Å². The van der Waals surface area contributed by atoms with E-state index >= 15 is 0 Å². The number of carbonyl (C=O) groups excluding carboxylic acids is 1. The first kappa shape index (κ1) is 24.2. The van der Waals surface area contributed by atoms with Gasteiger partial charge < -0.3 is 10.1 Å². The number of rotatable bonds is 8. The molecule has 0 spiro atoms. The predicted molar refractivity (Wildman–Crippen MR) is 131 cm³/mol. The number of halogens is 2. The normalized spacial score (nSPS) is 14.8. The monoisotopic (exact) mass is 501 g/mol. The van der Waals surface area contributed by atoms with E-state index in [1.54, 1.807) is 55.5 Å². The number of sulfone groups is 1.